The smallest absolute Gasteiger partial charge is 0.410 e. The van der Waals surface area contributed by atoms with Gasteiger partial charge in [-0.15, -0.1) is 11.8 Å². The van der Waals surface area contributed by atoms with E-state index in [1.54, 1.807) is 4.90 Å². The van der Waals surface area contributed by atoms with Gasteiger partial charge in [-0.1, -0.05) is 18.2 Å². The highest BCUT2D eigenvalue weighted by atomic mass is 32.2. The first kappa shape index (κ1) is 17.7. The molecule has 0 spiro atoms. The van der Waals surface area contributed by atoms with Gasteiger partial charge in [-0.25, -0.2) is 4.79 Å². The molecule has 0 atom stereocenters. The highest BCUT2D eigenvalue weighted by molar-refractivity contribution is 8.01. The number of amides is 1. The molecule has 0 radical (unpaired) electrons. The number of carbonyl (C=O) groups excluding carboxylic acids is 1. The van der Waals surface area contributed by atoms with Crippen molar-refractivity contribution >= 4 is 23.8 Å². The molecule has 1 fully saturated rings. The van der Waals surface area contributed by atoms with Crippen LogP contribution in [-0.4, -0.2) is 45.5 Å². The number of ether oxygens (including phenoxy) is 1. The summed E-state index contributed by atoms with van der Waals surface area (Å²) in [6.07, 6.45) is 0.434. The number of aliphatic carboxylic acids is 1. The molecule has 0 aliphatic carbocycles. The van der Waals surface area contributed by atoms with Crippen LogP contribution in [0, 0.1) is 0 Å². The van der Waals surface area contributed by atoms with E-state index in [1.807, 2.05) is 51.1 Å². The molecule has 23 heavy (non-hydrogen) atoms. The van der Waals surface area contributed by atoms with E-state index in [0.717, 1.165) is 4.90 Å². The van der Waals surface area contributed by atoms with Gasteiger partial charge in [0.05, 0.1) is 0 Å². The van der Waals surface area contributed by atoms with E-state index >= 15 is 0 Å². The maximum atomic E-state index is 12.1. The monoisotopic (exact) mass is 337 g/mol. The van der Waals surface area contributed by atoms with E-state index < -0.39 is 16.3 Å². The number of thioether (sulfide) groups is 1. The van der Waals surface area contributed by atoms with E-state index in [4.69, 9.17) is 4.74 Å². The number of piperidine rings is 1. The summed E-state index contributed by atoms with van der Waals surface area (Å²) in [4.78, 5) is 26.5. The summed E-state index contributed by atoms with van der Waals surface area (Å²) >= 11 is 1.37. The summed E-state index contributed by atoms with van der Waals surface area (Å²) < 4.78 is 4.47. The van der Waals surface area contributed by atoms with Gasteiger partial charge < -0.3 is 14.7 Å². The first-order valence-electron chi connectivity index (χ1n) is 7.67. The van der Waals surface area contributed by atoms with Gasteiger partial charge in [0.1, 0.15) is 10.3 Å². The SMILES string of the molecule is CC(C)(C)OC(=O)N1CCC(Sc2ccccc2)(C(=O)O)CC1. The molecule has 6 heteroatoms. The molecule has 1 saturated heterocycles. The van der Waals surface area contributed by atoms with Gasteiger partial charge >= 0.3 is 12.1 Å². The third-order valence-electron chi connectivity index (χ3n) is 3.67. The topological polar surface area (TPSA) is 66.8 Å². The number of hydrogen-bond acceptors (Lipinski definition) is 4. The van der Waals surface area contributed by atoms with Crippen molar-refractivity contribution in [2.75, 3.05) is 13.1 Å². The Morgan fingerprint density at radius 2 is 1.74 bits per heavy atom. The average molecular weight is 337 g/mol. The lowest BCUT2D eigenvalue weighted by Crippen LogP contribution is -2.50. The molecule has 5 nitrogen and oxygen atoms in total. The van der Waals surface area contributed by atoms with Gasteiger partial charge in [0.15, 0.2) is 0 Å². The van der Waals surface area contributed by atoms with Gasteiger partial charge in [-0.3, -0.25) is 4.79 Å². The predicted molar refractivity (Wildman–Crippen MR) is 89.7 cm³/mol. The van der Waals surface area contributed by atoms with E-state index in [2.05, 4.69) is 0 Å². The molecular formula is C17H23NO4S. The number of hydrogen-bond donors (Lipinski definition) is 1. The number of nitrogens with zero attached hydrogens (tertiary/aromatic N) is 1. The van der Waals surface area contributed by atoms with Crippen molar-refractivity contribution in [3.63, 3.8) is 0 Å². The molecule has 2 rings (SSSR count). The quantitative estimate of drug-likeness (QED) is 0.912. The van der Waals surface area contributed by atoms with Crippen molar-refractivity contribution in [3.8, 4) is 0 Å². The summed E-state index contributed by atoms with van der Waals surface area (Å²) in [5.74, 6) is -0.824. The molecule has 1 N–H and O–H groups in total. The molecule has 1 heterocycles. The Morgan fingerprint density at radius 1 is 1.17 bits per heavy atom. The molecule has 0 saturated carbocycles. The molecule has 1 aliphatic rings. The lowest BCUT2D eigenvalue weighted by atomic mass is 9.96. The third kappa shape index (κ3) is 4.64. The van der Waals surface area contributed by atoms with E-state index in [1.165, 1.54) is 11.8 Å². The second-order valence-corrected chi connectivity index (χ2v) is 8.14. The lowest BCUT2D eigenvalue weighted by Gasteiger charge is -2.38. The van der Waals surface area contributed by atoms with Gasteiger partial charge in [-0.2, -0.15) is 0 Å². The van der Waals surface area contributed by atoms with Crippen LogP contribution in [0.4, 0.5) is 4.79 Å². The predicted octanol–water partition coefficient (Wildman–Crippen LogP) is 3.63. The molecule has 0 bridgehead atoms. The van der Waals surface area contributed by atoms with Crippen molar-refractivity contribution in [1.82, 2.24) is 4.90 Å². The molecule has 1 aliphatic heterocycles. The van der Waals surface area contributed by atoms with Crippen LogP contribution in [0.2, 0.25) is 0 Å². The number of rotatable bonds is 3. The zero-order valence-corrected chi connectivity index (χ0v) is 14.6. The summed E-state index contributed by atoms with van der Waals surface area (Å²) in [5, 5.41) is 9.71. The van der Waals surface area contributed by atoms with Gasteiger partial charge in [0.25, 0.3) is 0 Å². The highest BCUT2D eigenvalue weighted by Gasteiger charge is 2.44. The van der Waals surface area contributed by atoms with Gasteiger partial charge in [0, 0.05) is 18.0 Å². The normalized spacial score (nSPS) is 17.6. The van der Waals surface area contributed by atoms with Gasteiger partial charge in [-0.05, 0) is 45.7 Å². The lowest BCUT2D eigenvalue weighted by molar-refractivity contribution is -0.141. The van der Waals surface area contributed by atoms with Crippen molar-refractivity contribution in [1.29, 1.82) is 0 Å². The van der Waals surface area contributed by atoms with Crippen LogP contribution in [0.3, 0.4) is 0 Å². The van der Waals surface area contributed by atoms with Crippen LogP contribution < -0.4 is 0 Å². The molecule has 1 aromatic carbocycles. The second kappa shape index (κ2) is 6.83. The number of carbonyl (C=O) groups is 2. The Labute approximate surface area is 141 Å². The minimum atomic E-state index is -0.889. The zero-order chi connectivity index (χ0) is 17.1. The number of likely N-dealkylation sites (tertiary alicyclic amines) is 1. The Bertz CT molecular complexity index is 560. The van der Waals surface area contributed by atoms with Crippen LogP contribution in [-0.2, 0) is 9.53 Å². The minimum Gasteiger partial charge on any atom is -0.480 e. The van der Waals surface area contributed by atoms with Crippen molar-refractivity contribution in [3.05, 3.63) is 30.3 Å². The Kier molecular flexibility index (Phi) is 5.24. The van der Waals surface area contributed by atoms with E-state index in [0.29, 0.717) is 25.9 Å². The summed E-state index contributed by atoms with van der Waals surface area (Å²) in [5.41, 5.74) is -0.544. The third-order valence-corrected chi connectivity index (χ3v) is 5.15. The summed E-state index contributed by atoms with van der Waals surface area (Å²) in [6.45, 7) is 6.24. The summed E-state index contributed by atoms with van der Waals surface area (Å²) in [6, 6.07) is 9.52. The number of carboxylic acid groups (broad SMARTS) is 1. The van der Waals surface area contributed by atoms with Crippen LogP contribution >= 0.6 is 11.8 Å². The second-order valence-electron chi connectivity index (χ2n) is 6.68. The van der Waals surface area contributed by atoms with Crippen molar-refractivity contribution in [2.24, 2.45) is 0 Å². The first-order valence-corrected chi connectivity index (χ1v) is 8.49. The molecule has 126 valence electrons. The first-order chi connectivity index (χ1) is 10.7. The standard InChI is InChI=1S/C17H23NO4S/c1-16(2,3)22-15(21)18-11-9-17(10-12-18,14(19)20)23-13-7-5-4-6-8-13/h4-8H,9-12H2,1-3H3,(H,19,20). The highest BCUT2D eigenvalue weighted by Crippen LogP contribution is 2.41. The Morgan fingerprint density at radius 3 is 2.22 bits per heavy atom. The molecule has 1 amide bonds. The van der Waals surface area contributed by atoms with Crippen LogP contribution in [0.15, 0.2) is 35.2 Å². The molecule has 0 aromatic heterocycles. The Balaban J connectivity index is 2.03. The largest absolute Gasteiger partial charge is 0.480 e. The minimum absolute atomic E-state index is 0.374. The van der Waals surface area contributed by atoms with E-state index in [9.17, 15) is 14.7 Å². The summed E-state index contributed by atoms with van der Waals surface area (Å²) in [7, 11) is 0. The molecule has 1 aromatic rings. The average Bonchev–Trinajstić information content (AvgIpc) is 2.47. The fourth-order valence-electron chi connectivity index (χ4n) is 2.45. The van der Waals surface area contributed by atoms with Crippen LogP contribution in [0.1, 0.15) is 33.6 Å². The van der Waals surface area contributed by atoms with Crippen LogP contribution in [0.25, 0.3) is 0 Å². The molecule has 0 unspecified atom stereocenters. The number of benzene rings is 1. The van der Waals surface area contributed by atoms with E-state index in [-0.39, 0.29) is 6.09 Å². The number of carboxylic acids is 1. The fraction of sp³-hybridized carbons (Fsp3) is 0.529. The van der Waals surface area contributed by atoms with Crippen LogP contribution in [0.5, 0.6) is 0 Å². The maximum absolute atomic E-state index is 12.1. The molecular weight excluding hydrogens is 314 g/mol. The van der Waals surface area contributed by atoms with Gasteiger partial charge in [0.2, 0.25) is 0 Å². The zero-order valence-electron chi connectivity index (χ0n) is 13.7. The fourth-order valence-corrected chi connectivity index (χ4v) is 3.67. The van der Waals surface area contributed by atoms with Crippen molar-refractivity contribution in [2.45, 2.75) is 48.9 Å². The van der Waals surface area contributed by atoms with Crippen molar-refractivity contribution < 1.29 is 19.4 Å². The maximum Gasteiger partial charge on any atom is 0.410 e. The Hall–Kier alpha value is -1.69.